The molecule has 0 bridgehead atoms. The lowest BCUT2D eigenvalue weighted by molar-refractivity contribution is -0.657. The quantitative estimate of drug-likeness (QED) is 0.365. The number of rotatable bonds is 2. The van der Waals surface area contributed by atoms with Gasteiger partial charge in [0.25, 0.3) is 12.4 Å². The summed E-state index contributed by atoms with van der Waals surface area (Å²) < 4.78 is 3.56. The van der Waals surface area contributed by atoms with E-state index in [-0.39, 0.29) is 0 Å². The monoisotopic (exact) mass is 176 g/mol. The van der Waals surface area contributed by atoms with Crippen molar-refractivity contribution in [2.45, 2.75) is 13.5 Å². The Kier molecular flexibility index (Phi) is 2.51. The normalized spacial score (nSPS) is 8.92. The zero-order valence-corrected chi connectivity index (χ0v) is 7.60. The summed E-state index contributed by atoms with van der Waals surface area (Å²) in [5.41, 5.74) is 0. The summed E-state index contributed by atoms with van der Waals surface area (Å²) in [6.07, 6.45) is 7.24. The van der Waals surface area contributed by atoms with Crippen LogP contribution < -0.4 is 9.47 Å². The van der Waals surface area contributed by atoms with E-state index in [1.165, 1.54) is 0 Å². The van der Waals surface area contributed by atoms with Crippen LogP contribution in [0, 0.1) is 22.9 Å². The zero-order chi connectivity index (χ0) is 9.84. The molecular formula is C8H10N5+. The maximum atomic E-state index is 8.67. The van der Waals surface area contributed by atoms with Crippen molar-refractivity contribution >= 4 is 5.95 Å². The van der Waals surface area contributed by atoms with E-state index in [0.717, 1.165) is 11.4 Å². The summed E-state index contributed by atoms with van der Waals surface area (Å²) >= 11 is 0. The van der Waals surface area contributed by atoms with Gasteiger partial charge in [0.05, 0.1) is 26.0 Å². The van der Waals surface area contributed by atoms with Gasteiger partial charge in [-0.1, -0.05) is 4.90 Å². The first kappa shape index (κ1) is 9.08. The fraction of sp³-hybridized carbons (Fsp3) is 0.375. The largest absolute Gasteiger partial charge is 0.389 e. The van der Waals surface area contributed by atoms with Crippen LogP contribution in [0.1, 0.15) is 6.92 Å². The highest BCUT2D eigenvalue weighted by Gasteiger charge is 2.22. The molecule has 1 aromatic rings. The molecule has 0 amide bonds. The molecule has 0 radical (unpaired) electrons. The molecule has 1 rings (SSSR count). The molecule has 1 aromatic heterocycles. The molecule has 66 valence electrons. The Morgan fingerprint density at radius 3 is 2.62 bits per heavy atom. The highest BCUT2D eigenvalue weighted by atomic mass is 15.3. The van der Waals surface area contributed by atoms with E-state index in [4.69, 9.17) is 10.5 Å². The molecule has 0 aliphatic carbocycles. The minimum Gasteiger partial charge on any atom is -0.236 e. The smallest absolute Gasteiger partial charge is 0.236 e. The van der Waals surface area contributed by atoms with Gasteiger partial charge < -0.3 is 0 Å². The molecule has 0 atom stereocenters. The summed E-state index contributed by atoms with van der Waals surface area (Å²) in [6.45, 7) is 2.69. The van der Waals surface area contributed by atoms with Gasteiger partial charge >= 0.3 is 5.95 Å². The maximum absolute atomic E-state index is 8.67. The first-order chi connectivity index (χ1) is 6.24. The zero-order valence-electron chi connectivity index (χ0n) is 7.60. The number of aromatic nitrogens is 2. The predicted octanol–water partition coefficient (Wildman–Crippen LogP) is 0.101. The standard InChI is InChI=1S/C8H10N5/c1-3-12-5-4-11(2)8(12)13(6-9)7-10/h4-5H,3H2,1-2H3/q+1. The molecule has 0 saturated carbocycles. The predicted molar refractivity (Wildman–Crippen MR) is 45.0 cm³/mol. The van der Waals surface area contributed by atoms with Gasteiger partial charge in [-0.05, 0) is 6.92 Å². The van der Waals surface area contributed by atoms with Gasteiger partial charge in [-0.3, -0.25) is 0 Å². The highest BCUT2D eigenvalue weighted by Crippen LogP contribution is 2.06. The van der Waals surface area contributed by atoms with Crippen molar-refractivity contribution in [3.8, 4) is 12.4 Å². The Morgan fingerprint density at radius 2 is 2.15 bits per heavy atom. The summed E-state index contributed by atoms with van der Waals surface area (Å²) in [5.74, 6) is 0.576. The number of hydrogen-bond acceptors (Lipinski definition) is 3. The average molecular weight is 176 g/mol. The topological polar surface area (TPSA) is 59.6 Å². The number of anilines is 1. The second-order valence-electron chi connectivity index (χ2n) is 2.53. The molecule has 5 heteroatoms. The van der Waals surface area contributed by atoms with E-state index in [9.17, 15) is 0 Å². The molecule has 5 nitrogen and oxygen atoms in total. The molecule has 1 heterocycles. The van der Waals surface area contributed by atoms with E-state index in [1.54, 1.807) is 30.2 Å². The molecule has 0 saturated heterocycles. The SMILES string of the molecule is CCn1cc[n+](C)c1N(C#N)C#N. The van der Waals surface area contributed by atoms with Crippen LogP contribution in [-0.4, -0.2) is 4.57 Å². The van der Waals surface area contributed by atoms with Gasteiger partial charge in [0.1, 0.15) is 0 Å². The molecule has 0 unspecified atom stereocenters. The number of nitrogens with zero attached hydrogens (tertiary/aromatic N) is 5. The summed E-state index contributed by atoms with van der Waals surface area (Å²) in [7, 11) is 1.79. The van der Waals surface area contributed by atoms with Crippen LogP contribution in [0.15, 0.2) is 12.4 Å². The van der Waals surface area contributed by atoms with Gasteiger partial charge in [-0.2, -0.15) is 10.5 Å². The van der Waals surface area contributed by atoms with Crippen LogP contribution in [-0.2, 0) is 13.6 Å². The molecule has 0 aromatic carbocycles. The van der Waals surface area contributed by atoms with Crippen LogP contribution in [0.4, 0.5) is 5.95 Å². The summed E-state index contributed by atoms with van der Waals surface area (Å²) in [6, 6.07) is 0. The van der Waals surface area contributed by atoms with E-state index >= 15 is 0 Å². The Morgan fingerprint density at radius 1 is 1.54 bits per heavy atom. The molecular weight excluding hydrogens is 166 g/mol. The Labute approximate surface area is 76.6 Å². The second kappa shape index (κ2) is 3.59. The highest BCUT2D eigenvalue weighted by molar-refractivity contribution is 5.39. The van der Waals surface area contributed by atoms with Crippen molar-refractivity contribution < 1.29 is 4.57 Å². The van der Waals surface area contributed by atoms with E-state index < -0.39 is 0 Å². The fourth-order valence-corrected chi connectivity index (χ4v) is 1.16. The van der Waals surface area contributed by atoms with Gasteiger partial charge in [0.2, 0.25) is 0 Å². The van der Waals surface area contributed by atoms with Crippen molar-refractivity contribution in [2.75, 3.05) is 4.90 Å². The summed E-state index contributed by atoms with van der Waals surface area (Å²) in [4.78, 5) is 0.976. The first-order valence-electron chi connectivity index (χ1n) is 3.89. The van der Waals surface area contributed by atoms with Gasteiger partial charge in [0, 0.05) is 0 Å². The third-order valence-electron chi connectivity index (χ3n) is 1.78. The Bertz CT molecular complexity index is 364. The second-order valence-corrected chi connectivity index (χ2v) is 2.53. The third-order valence-corrected chi connectivity index (χ3v) is 1.78. The van der Waals surface area contributed by atoms with Crippen LogP contribution in [0.25, 0.3) is 0 Å². The number of nitriles is 2. The van der Waals surface area contributed by atoms with Crippen molar-refractivity contribution in [1.29, 1.82) is 10.5 Å². The lowest BCUT2D eigenvalue weighted by Crippen LogP contribution is -2.34. The molecule has 0 spiro atoms. The number of hydrogen-bond donors (Lipinski definition) is 0. The Hall–Kier alpha value is -2.01. The van der Waals surface area contributed by atoms with Crippen molar-refractivity contribution in [3.63, 3.8) is 0 Å². The molecule has 0 aliphatic heterocycles. The van der Waals surface area contributed by atoms with Crippen LogP contribution in [0.3, 0.4) is 0 Å². The Balaban J connectivity index is 3.20. The van der Waals surface area contributed by atoms with Crippen molar-refractivity contribution in [2.24, 2.45) is 7.05 Å². The molecule has 0 N–H and O–H groups in total. The minimum absolute atomic E-state index is 0.576. The van der Waals surface area contributed by atoms with E-state index in [0.29, 0.717) is 5.95 Å². The summed E-state index contributed by atoms with van der Waals surface area (Å²) in [5, 5.41) is 17.3. The van der Waals surface area contributed by atoms with Crippen LogP contribution >= 0.6 is 0 Å². The molecule has 0 aliphatic rings. The van der Waals surface area contributed by atoms with Gasteiger partial charge in [-0.25, -0.2) is 9.13 Å². The average Bonchev–Trinajstić information content (AvgIpc) is 2.51. The lowest BCUT2D eigenvalue weighted by atomic mass is 10.7. The van der Waals surface area contributed by atoms with Crippen molar-refractivity contribution in [3.05, 3.63) is 12.4 Å². The van der Waals surface area contributed by atoms with E-state index in [1.807, 2.05) is 17.7 Å². The first-order valence-corrected chi connectivity index (χ1v) is 3.89. The third kappa shape index (κ3) is 1.45. The van der Waals surface area contributed by atoms with Crippen molar-refractivity contribution in [1.82, 2.24) is 4.57 Å². The molecule has 13 heavy (non-hydrogen) atoms. The van der Waals surface area contributed by atoms with Crippen LogP contribution in [0.5, 0.6) is 0 Å². The number of imidazole rings is 1. The maximum Gasteiger partial charge on any atom is 0.389 e. The minimum atomic E-state index is 0.576. The van der Waals surface area contributed by atoms with Gasteiger partial charge in [0.15, 0.2) is 0 Å². The molecule has 0 fully saturated rings. The fourth-order valence-electron chi connectivity index (χ4n) is 1.16. The van der Waals surface area contributed by atoms with Gasteiger partial charge in [-0.15, -0.1) is 0 Å². The van der Waals surface area contributed by atoms with E-state index in [2.05, 4.69) is 0 Å². The van der Waals surface area contributed by atoms with Crippen LogP contribution in [0.2, 0.25) is 0 Å². The lowest BCUT2D eigenvalue weighted by Gasteiger charge is -2.00. The number of aryl methyl sites for hydroxylation is 2.